The number of hydrogen-bond acceptors (Lipinski definition) is 2. The van der Waals surface area contributed by atoms with E-state index in [1.165, 1.54) is 24.3 Å². The normalized spacial score (nSPS) is 13.6. The van der Waals surface area contributed by atoms with Crippen LogP contribution in [0.25, 0.3) is 0 Å². The van der Waals surface area contributed by atoms with E-state index in [2.05, 4.69) is 5.32 Å². The summed E-state index contributed by atoms with van der Waals surface area (Å²) in [6.45, 7) is 2.49. The molecule has 0 fully saturated rings. The van der Waals surface area contributed by atoms with Crippen LogP contribution < -0.4 is 10.2 Å². The lowest BCUT2D eigenvalue weighted by molar-refractivity contribution is 0.0938. The van der Waals surface area contributed by atoms with Gasteiger partial charge in [-0.15, -0.1) is 0 Å². The molecule has 1 heterocycles. The summed E-state index contributed by atoms with van der Waals surface area (Å²) in [5, 5.41) is 3.46. The van der Waals surface area contributed by atoms with Crippen LogP contribution in [0, 0.1) is 5.82 Å². The third-order valence-corrected chi connectivity index (χ3v) is 5.50. The SMILES string of the molecule is CC(NC(=O)c1ccc(F)cc1)c1ccc2c(c1)CCN2C(=O)c1cccc(Cl)c1. The van der Waals surface area contributed by atoms with Crippen LogP contribution in [-0.4, -0.2) is 18.4 Å². The number of fused-ring (bicyclic) bond motifs is 1. The third kappa shape index (κ3) is 4.07. The van der Waals surface area contributed by atoms with Gasteiger partial charge >= 0.3 is 0 Å². The van der Waals surface area contributed by atoms with Crippen molar-refractivity contribution in [1.82, 2.24) is 5.32 Å². The maximum atomic E-state index is 13.1. The summed E-state index contributed by atoms with van der Waals surface area (Å²) in [7, 11) is 0. The van der Waals surface area contributed by atoms with Crippen LogP contribution in [-0.2, 0) is 6.42 Å². The number of amides is 2. The van der Waals surface area contributed by atoms with Gasteiger partial charge in [-0.25, -0.2) is 4.39 Å². The highest BCUT2D eigenvalue weighted by molar-refractivity contribution is 6.31. The molecule has 1 unspecified atom stereocenters. The number of carbonyl (C=O) groups excluding carboxylic acids is 2. The van der Waals surface area contributed by atoms with Crippen molar-refractivity contribution in [3.05, 3.63) is 99.8 Å². The van der Waals surface area contributed by atoms with Crippen molar-refractivity contribution in [2.24, 2.45) is 0 Å². The van der Waals surface area contributed by atoms with E-state index in [0.29, 0.717) is 22.7 Å². The zero-order chi connectivity index (χ0) is 21.3. The molecule has 0 saturated carbocycles. The highest BCUT2D eigenvalue weighted by atomic mass is 35.5. The average Bonchev–Trinajstić information content (AvgIpc) is 3.16. The molecule has 0 aliphatic carbocycles. The molecule has 1 atom stereocenters. The molecule has 152 valence electrons. The average molecular weight is 423 g/mol. The predicted octanol–water partition coefficient (Wildman–Crippen LogP) is 5.17. The third-order valence-electron chi connectivity index (χ3n) is 5.27. The fourth-order valence-electron chi connectivity index (χ4n) is 3.64. The molecule has 4 rings (SSSR count). The molecule has 2 amide bonds. The zero-order valence-corrected chi connectivity index (χ0v) is 17.1. The van der Waals surface area contributed by atoms with Crippen molar-refractivity contribution in [3.8, 4) is 0 Å². The second kappa shape index (κ2) is 8.28. The number of nitrogens with one attached hydrogen (secondary N) is 1. The summed E-state index contributed by atoms with van der Waals surface area (Å²) in [5.41, 5.74) is 3.84. The van der Waals surface area contributed by atoms with Crippen LogP contribution in [0.3, 0.4) is 0 Å². The minimum atomic E-state index is -0.380. The molecule has 6 heteroatoms. The second-order valence-corrected chi connectivity index (χ2v) is 7.74. The van der Waals surface area contributed by atoms with E-state index in [9.17, 15) is 14.0 Å². The molecular weight excluding hydrogens is 403 g/mol. The number of benzene rings is 3. The first-order chi connectivity index (χ1) is 14.4. The molecule has 30 heavy (non-hydrogen) atoms. The van der Waals surface area contributed by atoms with E-state index in [1.54, 1.807) is 29.2 Å². The number of hydrogen-bond donors (Lipinski definition) is 1. The summed E-state index contributed by atoms with van der Waals surface area (Å²) >= 11 is 6.02. The lowest BCUT2D eigenvalue weighted by Gasteiger charge is -2.19. The van der Waals surface area contributed by atoms with Crippen LogP contribution in [0.1, 0.15) is 44.8 Å². The van der Waals surface area contributed by atoms with E-state index in [4.69, 9.17) is 11.6 Å². The van der Waals surface area contributed by atoms with Crippen LogP contribution in [0.2, 0.25) is 5.02 Å². The highest BCUT2D eigenvalue weighted by Gasteiger charge is 2.26. The minimum absolute atomic E-state index is 0.0818. The second-order valence-electron chi connectivity index (χ2n) is 7.31. The molecule has 1 aliphatic heterocycles. The Bertz CT molecular complexity index is 1110. The Kier molecular flexibility index (Phi) is 5.55. The van der Waals surface area contributed by atoms with Crippen LogP contribution >= 0.6 is 11.6 Å². The topological polar surface area (TPSA) is 49.4 Å². The van der Waals surface area contributed by atoms with Gasteiger partial charge in [-0.05, 0) is 73.0 Å². The number of anilines is 1. The Labute approximate surface area is 179 Å². The van der Waals surface area contributed by atoms with Crippen molar-refractivity contribution >= 4 is 29.1 Å². The van der Waals surface area contributed by atoms with Gasteiger partial charge in [0.25, 0.3) is 11.8 Å². The predicted molar refractivity (Wildman–Crippen MR) is 116 cm³/mol. The first-order valence-electron chi connectivity index (χ1n) is 9.69. The first-order valence-corrected chi connectivity index (χ1v) is 10.1. The first kappa shape index (κ1) is 20.1. The number of nitrogens with zero attached hydrogens (tertiary/aromatic N) is 1. The number of halogens is 2. The standard InChI is InChI=1S/C24H20ClFN2O2/c1-15(27-23(29)16-5-8-21(26)9-6-16)17-7-10-22-18(13-17)11-12-28(22)24(30)19-3-2-4-20(25)14-19/h2-10,13-15H,11-12H2,1H3,(H,27,29). The van der Waals surface area contributed by atoms with Gasteiger partial charge in [-0.2, -0.15) is 0 Å². The lowest BCUT2D eigenvalue weighted by atomic mass is 10.0. The molecule has 0 bridgehead atoms. The molecule has 0 aromatic heterocycles. The van der Waals surface area contributed by atoms with E-state index < -0.39 is 0 Å². The lowest BCUT2D eigenvalue weighted by Crippen LogP contribution is -2.29. The molecule has 3 aromatic carbocycles. The summed E-state index contributed by atoms with van der Waals surface area (Å²) in [4.78, 5) is 27.0. The highest BCUT2D eigenvalue weighted by Crippen LogP contribution is 2.32. The molecule has 0 saturated heterocycles. The molecule has 0 spiro atoms. The van der Waals surface area contributed by atoms with Crippen molar-refractivity contribution in [3.63, 3.8) is 0 Å². The Balaban J connectivity index is 1.50. The van der Waals surface area contributed by atoms with Crippen LogP contribution in [0.4, 0.5) is 10.1 Å². The number of carbonyl (C=O) groups is 2. The van der Waals surface area contributed by atoms with Gasteiger partial charge in [0.2, 0.25) is 0 Å². The fourth-order valence-corrected chi connectivity index (χ4v) is 3.83. The van der Waals surface area contributed by atoms with E-state index in [1.807, 2.05) is 25.1 Å². The largest absolute Gasteiger partial charge is 0.346 e. The molecule has 3 aromatic rings. The van der Waals surface area contributed by atoms with Crippen molar-refractivity contribution in [2.45, 2.75) is 19.4 Å². The van der Waals surface area contributed by atoms with E-state index in [-0.39, 0.29) is 23.7 Å². The van der Waals surface area contributed by atoms with E-state index >= 15 is 0 Å². The minimum Gasteiger partial charge on any atom is -0.346 e. The number of rotatable bonds is 4. The fraction of sp³-hybridized carbons (Fsp3) is 0.167. The van der Waals surface area contributed by atoms with Gasteiger partial charge < -0.3 is 10.2 Å². The smallest absolute Gasteiger partial charge is 0.258 e. The molecule has 1 N–H and O–H groups in total. The molecular formula is C24H20ClFN2O2. The Hall–Kier alpha value is -3.18. The monoisotopic (exact) mass is 422 g/mol. The zero-order valence-electron chi connectivity index (χ0n) is 16.4. The van der Waals surface area contributed by atoms with Crippen LogP contribution in [0.5, 0.6) is 0 Å². The molecule has 4 nitrogen and oxygen atoms in total. The molecule has 1 aliphatic rings. The van der Waals surface area contributed by atoms with Crippen molar-refractivity contribution in [1.29, 1.82) is 0 Å². The Morgan fingerprint density at radius 1 is 1.03 bits per heavy atom. The van der Waals surface area contributed by atoms with Gasteiger partial charge in [0.15, 0.2) is 0 Å². The summed E-state index contributed by atoms with van der Waals surface area (Å²) in [6, 6.07) is 18.0. The van der Waals surface area contributed by atoms with Gasteiger partial charge in [-0.1, -0.05) is 29.8 Å². The van der Waals surface area contributed by atoms with Gasteiger partial charge in [-0.3, -0.25) is 9.59 Å². The maximum Gasteiger partial charge on any atom is 0.258 e. The van der Waals surface area contributed by atoms with Crippen molar-refractivity contribution < 1.29 is 14.0 Å². The Morgan fingerprint density at radius 2 is 1.80 bits per heavy atom. The summed E-state index contributed by atoms with van der Waals surface area (Å²) < 4.78 is 13.1. The maximum absolute atomic E-state index is 13.1. The quantitative estimate of drug-likeness (QED) is 0.630. The summed E-state index contributed by atoms with van der Waals surface area (Å²) in [5.74, 6) is -0.725. The van der Waals surface area contributed by atoms with Crippen LogP contribution in [0.15, 0.2) is 66.7 Å². The Morgan fingerprint density at radius 3 is 2.53 bits per heavy atom. The van der Waals surface area contributed by atoms with E-state index in [0.717, 1.165) is 23.2 Å². The summed E-state index contributed by atoms with van der Waals surface area (Å²) in [6.07, 6.45) is 0.744. The van der Waals surface area contributed by atoms with Gasteiger partial charge in [0, 0.05) is 28.4 Å². The van der Waals surface area contributed by atoms with Gasteiger partial charge in [0.1, 0.15) is 5.82 Å². The van der Waals surface area contributed by atoms with Gasteiger partial charge in [0.05, 0.1) is 6.04 Å². The van der Waals surface area contributed by atoms with Crippen molar-refractivity contribution in [2.75, 3.05) is 11.4 Å². The molecule has 0 radical (unpaired) electrons.